The molecule has 1 saturated heterocycles. The minimum atomic E-state index is -0.277. The number of nitrogens with one attached hydrogen (secondary N) is 1. The number of pyridine rings is 1. The van der Waals surface area contributed by atoms with Crippen LogP contribution in [0.2, 0.25) is 0 Å². The van der Waals surface area contributed by atoms with Crippen LogP contribution in [0.1, 0.15) is 55.5 Å². The third kappa shape index (κ3) is 4.11. The Bertz CT molecular complexity index is 1010. The van der Waals surface area contributed by atoms with Crippen molar-refractivity contribution in [2.24, 2.45) is 0 Å². The van der Waals surface area contributed by atoms with Crippen molar-refractivity contribution in [3.8, 4) is 5.75 Å². The number of aromatic nitrogens is 2. The molecule has 3 aromatic rings. The summed E-state index contributed by atoms with van der Waals surface area (Å²) < 4.78 is 20.3. The lowest BCUT2D eigenvalue weighted by Gasteiger charge is -2.32. The number of ether oxygens (including phenoxy) is 1. The van der Waals surface area contributed by atoms with E-state index in [9.17, 15) is 9.18 Å². The standard InChI is InChI=1S/C23H26FN3O2/c1-23(2,3)29-17-6-4-16(5-7-17)22(28)27-12-9-15(10-13-27)20-18-8-11-25-21(18)26-14-19(20)24/h4-8,11,14-15H,9-10,12-13H2,1-3H3,(H,25,26). The summed E-state index contributed by atoms with van der Waals surface area (Å²) in [7, 11) is 0. The number of nitrogens with zero attached hydrogens (tertiary/aromatic N) is 2. The van der Waals surface area contributed by atoms with Crippen LogP contribution in [0.15, 0.2) is 42.7 Å². The van der Waals surface area contributed by atoms with Crippen LogP contribution in [0.4, 0.5) is 4.39 Å². The van der Waals surface area contributed by atoms with Crippen LogP contribution in [-0.2, 0) is 0 Å². The van der Waals surface area contributed by atoms with E-state index in [4.69, 9.17) is 4.74 Å². The topological polar surface area (TPSA) is 58.2 Å². The summed E-state index contributed by atoms with van der Waals surface area (Å²) in [6.07, 6.45) is 4.54. The van der Waals surface area contributed by atoms with E-state index < -0.39 is 0 Å². The zero-order valence-electron chi connectivity index (χ0n) is 17.0. The van der Waals surface area contributed by atoms with E-state index in [1.165, 1.54) is 6.20 Å². The first-order valence-electron chi connectivity index (χ1n) is 10.0. The molecule has 5 nitrogen and oxygen atoms in total. The van der Waals surface area contributed by atoms with Crippen LogP contribution in [0, 0.1) is 5.82 Å². The molecule has 29 heavy (non-hydrogen) atoms. The second-order valence-corrected chi connectivity index (χ2v) is 8.57. The fourth-order valence-corrected chi connectivity index (χ4v) is 3.99. The quantitative estimate of drug-likeness (QED) is 0.686. The Hall–Kier alpha value is -2.89. The van der Waals surface area contributed by atoms with Crippen LogP contribution >= 0.6 is 0 Å². The largest absolute Gasteiger partial charge is 0.488 e. The molecule has 1 aromatic carbocycles. The SMILES string of the molecule is CC(C)(C)Oc1ccc(C(=O)N2CCC(c3c(F)cnc4[nH]ccc34)CC2)cc1. The molecule has 0 bridgehead atoms. The van der Waals surface area contributed by atoms with Crippen molar-refractivity contribution in [2.45, 2.75) is 45.1 Å². The first-order valence-corrected chi connectivity index (χ1v) is 10.0. The maximum atomic E-state index is 14.5. The first-order chi connectivity index (χ1) is 13.8. The number of rotatable bonds is 3. The van der Waals surface area contributed by atoms with Gasteiger partial charge in [0.15, 0.2) is 0 Å². The monoisotopic (exact) mass is 395 g/mol. The number of hydrogen-bond acceptors (Lipinski definition) is 3. The van der Waals surface area contributed by atoms with Crippen molar-refractivity contribution in [3.63, 3.8) is 0 Å². The molecule has 3 heterocycles. The number of carbonyl (C=O) groups excluding carboxylic acids is 1. The van der Waals surface area contributed by atoms with Gasteiger partial charge in [0, 0.05) is 35.8 Å². The van der Waals surface area contributed by atoms with Gasteiger partial charge in [-0.05, 0) is 69.9 Å². The number of aromatic amines is 1. The molecule has 0 atom stereocenters. The van der Waals surface area contributed by atoms with Gasteiger partial charge in [0.05, 0.1) is 6.20 Å². The molecule has 0 unspecified atom stereocenters. The molecule has 0 radical (unpaired) electrons. The number of benzene rings is 1. The lowest BCUT2D eigenvalue weighted by molar-refractivity contribution is 0.0712. The van der Waals surface area contributed by atoms with Crippen LogP contribution < -0.4 is 4.74 Å². The van der Waals surface area contributed by atoms with Crippen molar-refractivity contribution in [1.29, 1.82) is 0 Å². The van der Waals surface area contributed by atoms with Crippen molar-refractivity contribution >= 4 is 16.9 Å². The number of carbonyl (C=O) groups is 1. The summed E-state index contributed by atoms with van der Waals surface area (Å²) in [6.45, 7) is 7.18. The number of halogens is 1. The van der Waals surface area contributed by atoms with E-state index in [2.05, 4.69) is 9.97 Å². The molecule has 2 aromatic heterocycles. The van der Waals surface area contributed by atoms with Crippen LogP contribution in [0.3, 0.4) is 0 Å². The van der Waals surface area contributed by atoms with Crippen LogP contribution in [0.5, 0.6) is 5.75 Å². The molecular weight excluding hydrogens is 369 g/mol. The van der Waals surface area contributed by atoms with E-state index in [0.29, 0.717) is 29.9 Å². The molecule has 6 heteroatoms. The summed E-state index contributed by atoms with van der Waals surface area (Å²) >= 11 is 0. The smallest absolute Gasteiger partial charge is 0.253 e. The van der Waals surface area contributed by atoms with E-state index in [1.54, 1.807) is 18.3 Å². The van der Waals surface area contributed by atoms with Crippen molar-refractivity contribution in [1.82, 2.24) is 14.9 Å². The van der Waals surface area contributed by atoms with Gasteiger partial charge in [-0.25, -0.2) is 9.37 Å². The third-order valence-corrected chi connectivity index (χ3v) is 5.30. The number of piperidine rings is 1. The summed E-state index contributed by atoms with van der Waals surface area (Å²) in [5, 5.41) is 0.837. The van der Waals surface area contributed by atoms with E-state index in [1.807, 2.05) is 43.9 Å². The summed E-state index contributed by atoms with van der Waals surface area (Å²) in [5.41, 5.74) is 1.79. The zero-order valence-corrected chi connectivity index (χ0v) is 17.0. The Labute approximate surface area is 169 Å². The number of H-pyrrole nitrogens is 1. The van der Waals surface area contributed by atoms with E-state index in [0.717, 1.165) is 24.0 Å². The lowest BCUT2D eigenvalue weighted by Crippen LogP contribution is -2.38. The van der Waals surface area contributed by atoms with Gasteiger partial charge in [0.2, 0.25) is 0 Å². The minimum absolute atomic E-state index is 0.00718. The Morgan fingerprint density at radius 2 is 1.86 bits per heavy atom. The molecule has 1 aliphatic heterocycles. The Balaban J connectivity index is 1.43. The molecule has 4 rings (SSSR count). The van der Waals surface area contributed by atoms with Crippen molar-refractivity contribution < 1.29 is 13.9 Å². The Morgan fingerprint density at radius 1 is 1.17 bits per heavy atom. The van der Waals surface area contributed by atoms with E-state index >= 15 is 0 Å². The highest BCUT2D eigenvalue weighted by Crippen LogP contribution is 2.34. The van der Waals surface area contributed by atoms with Gasteiger partial charge in [-0.2, -0.15) is 0 Å². The third-order valence-electron chi connectivity index (χ3n) is 5.30. The van der Waals surface area contributed by atoms with Crippen molar-refractivity contribution in [3.05, 3.63) is 59.7 Å². The van der Waals surface area contributed by atoms with Gasteiger partial charge >= 0.3 is 0 Å². The number of amides is 1. The maximum Gasteiger partial charge on any atom is 0.253 e. The van der Waals surface area contributed by atoms with Crippen LogP contribution in [-0.4, -0.2) is 39.5 Å². The molecule has 0 aliphatic carbocycles. The van der Waals surface area contributed by atoms with Gasteiger partial charge in [0.1, 0.15) is 22.8 Å². The molecule has 1 aliphatic rings. The molecule has 1 N–H and O–H groups in total. The number of fused-ring (bicyclic) bond motifs is 1. The zero-order chi connectivity index (χ0) is 20.6. The molecule has 1 amide bonds. The van der Waals surface area contributed by atoms with Gasteiger partial charge < -0.3 is 14.6 Å². The summed E-state index contributed by atoms with van der Waals surface area (Å²) in [4.78, 5) is 21.9. The second kappa shape index (κ2) is 7.50. The van der Waals surface area contributed by atoms with Gasteiger partial charge in [-0.3, -0.25) is 4.79 Å². The summed E-state index contributed by atoms with van der Waals surface area (Å²) in [6, 6.07) is 9.16. The number of hydrogen-bond donors (Lipinski definition) is 1. The Kier molecular flexibility index (Phi) is 5.03. The molecular formula is C23H26FN3O2. The van der Waals surface area contributed by atoms with Gasteiger partial charge in [0.25, 0.3) is 5.91 Å². The van der Waals surface area contributed by atoms with Crippen molar-refractivity contribution in [2.75, 3.05) is 13.1 Å². The normalized spacial score (nSPS) is 15.7. The van der Waals surface area contributed by atoms with Crippen LogP contribution in [0.25, 0.3) is 11.0 Å². The number of likely N-dealkylation sites (tertiary alicyclic amines) is 1. The molecule has 152 valence electrons. The molecule has 0 spiro atoms. The lowest BCUT2D eigenvalue weighted by atomic mass is 9.87. The summed E-state index contributed by atoms with van der Waals surface area (Å²) in [5.74, 6) is 0.573. The highest BCUT2D eigenvalue weighted by molar-refractivity contribution is 5.94. The van der Waals surface area contributed by atoms with Gasteiger partial charge in [-0.1, -0.05) is 0 Å². The minimum Gasteiger partial charge on any atom is -0.488 e. The fraction of sp³-hybridized carbons (Fsp3) is 0.391. The fourth-order valence-electron chi connectivity index (χ4n) is 3.99. The molecule has 0 saturated carbocycles. The predicted octanol–water partition coefficient (Wildman–Crippen LogP) is 4.90. The second-order valence-electron chi connectivity index (χ2n) is 8.57. The highest BCUT2D eigenvalue weighted by atomic mass is 19.1. The van der Waals surface area contributed by atoms with E-state index in [-0.39, 0.29) is 23.2 Å². The first kappa shape index (κ1) is 19.4. The van der Waals surface area contributed by atoms with Gasteiger partial charge in [-0.15, -0.1) is 0 Å². The highest BCUT2D eigenvalue weighted by Gasteiger charge is 2.28. The maximum absolute atomic E-state index is 14.5. The Morgan fingerprint density at radius 3 is 2.52 bits per heavy atom. The average molecular weight is 395 g/mol. The average Bonchev–Trinajstić information content (AvgIpc) is 3.16. The molecule has 1 fully saturated rings. The predicted molar refractivity (Wildman–Crippen MR) is 111 cm³/mol.